The Hall–Kier alpha value is -3.75. The van der Waals surface area contributed by atoms with Gasteiger partial charge in [0.2, 0.25) is 11.8 Å². The molecule has 3 rings (SSSR count). The van der Waals surface area contributed by atoms with E-state index in [2.05, 4.69) is 5.32 Å². The highest BCUT2D eigenvalue weighted by atomic mass is 16.6. The highest BCUT2D eigenvalue weighted by Crippen LogP contribution is 2.25. The summed E-state index contributed by atoms with van der Waals surface area (Å²) >= 11 is 0. The second-order valence-corrected chi connectivity index (χ2v) is 6.60. The third-order valence-corrected chi connectivity index (χ3v) is 4.61. The van der Waals surface area contributed by atoms with E-state index in [1.54, 1.807) is 31.2 Å². The monoisotopic (exact) mass is 397 g/mol. The minimum absolute atomic E-state index is 0.0260. The van der Waals surface area contributed by atoms with Gasteiger partial charge in [0.15, 0.2) is 0 Å². The van der Waals surface area contributed by atoms with Gasteiger partial charge in [-0.2, -0.15) is 0 Å². The largest absolute Gasteiger partial charge is 0.444 e. The average Bonchev–Trinajstić information content (AvgIpc) is 3.10. The lowest BCUT2D eigenvalue weighted by Crippen LogP contribution is -2.45. The van der Waals surface area contributed by atoms with E-state index in [9.17, 15) is 24.5 Å². The predicted molar refractivity (Wildman–Crippen MR) is 103 cm³/mol. The molecule has 0 spiro atoms. The summed E-state index contributed by atoms with van der Waals surface area (Å²) in [6, 6.07) is 12.0. The summed E-state index contributed by atoms with van der Waals surface area (Å²) in [5, 5.41) is 13.5. The highest BCUT2D eigenvalue weighted by molar-refractivity contribution is 6.05. The Bertz CT molecular complexity index is 960. The number of nitro benzene ring substituents is 1. The van der Waals surface area contributed by atoms with Gasteiger partial charge in [0.05, 0.1) is 10.6 Å². The van der Waals surface area contributed by atoms with Gasteiger partial charge in [-0.05, 0) is 24.5 Å². The van der Waals surface area contributed by atoms with Gasteiger partial charge >= 0.3 is 6.09 Å². The van der Waals surface area contributed by atoms with Crippen molar-refractivity contribution >= 4 is 29.3 Å². The number of rotatable bonds is 5. The number of ether oxygens (including phenoxy) is 1. The first-order valence-electron chi connectivity index (χ1n) is 8.95. The van der Waals surface area contributed by atoms with Crippen molar-refractivity contribution in [2.45, 2.75) is 32.4 Å². The second-order valence-electron chi connectivity index (χ2n) is 6.60. The molecular formula is C20H19N3O6. The zero-order valence-electron chi connectivity index (χ0n) is 15.7. The number of carbonyl (C=O) groups excluding carboxylic acids is 3. The number of imide groups is 1. The number of likely N-dealkylation sites (tertiary alicyclic amines) is 1. The maximum atomic E-state index is 12.7. The third-order valence-electron chi connectivity index (χ3n) is 4.61. The van der Waals surface area contributed by atoms with Gasteiger partial charge in [0.1, 0.15) is 12.6 Å². The molecule has 1 heterocycles. The molecule has 1 aliphatic heterocycles. The number of anilines is 1. The number of nitrogens with zero attached hydrogens (tertiary/aromatic N) is 2. The molecule has 1 N–H and O–H groups in total. The fourth-order valence-electron chi connectivity index (χ4n) is 3.02. The minimum Gasteiger partial charge on any atom is -0.444 e. The topological polar surface area (TPSA) is 119 Å². The van der Waals surface area contributed by atoms with E-state index in [1.807, 2.05) is 6.07 Å². The van der Waals surface area contributed by atoms with Crippen LogP contribution in [0.4, 0.5) is 16.2 Å². The molecule has 0 bridgehead atoms. The molecule has 0 saturated carbocycles. The van der Waals surface area contributed by atoms with Gasteiger partial charge in [0, 0.05) is 18.6 Å². The fourth-order valence-corrected chi connectivity index (χ4v) is 3.02. The third kappa shape index (κ3) is 4.57. The van der Waals surface area contributed by atoms with Crippen LogP contribution in [0, 0.1) is 17.0 Å². The maximum absolute atomic E-state index is 12.7. The number of hydrogen-bond acceptors (Lipinski definition) is 6. The summed E-state index contributed by atoms with van der Waals surface area (Å²) in [6.45, 7) is 1.66. The van der Waals surface area contributed by atoms with E-state index in [1.165, 1.54) is 18.2 Å². The average molecular weight is 397 g/mol. The Morgan fingerprint density at radius 1 is 1.24 bits per heavy atom. The Morgan fingerprint density at radius 2 is 1.97 bits per heavy atom. The first-order chi connectivity index (χ1) is 13.9. The summed E-state index contributed by atoms with van der Waals surface area (Å²) in [5.41, 5.74) is 1.45. The molecule has 1 fully saturated rings. The quantitative estimate of drug-likeness (QED) is 0.611. The van der Waals surface area contributed by atoms with E-state index in [0.29, 0.717) is 5.56 Å². The van der Waals surface area contributed by atoms with Crippen molar-refractivity contribution in [2.75, 3.05) is 5.32 Å². The maximum Gasteiger partial charge on any atom is 0.417 e. The number of hydrogen-bond donors (Lipinski definition) is 1. The van der Waals surface area contributed by atoms with Crippen LogP contribution in [0.15, 0.2) is 48.5 Å². The summed E-state index contributed by atoms with van der Waals surface area (Å²) in [5.74, 6) is -1.10. The van der Waals surface area contributed by atoms with E-state index in [-0.39, 0.29) is 30.8 Å². The van der Waals surface area contributed by atoms with Crippen molar-refractivity contribution in [1.82, 2.24) is 4.90 Å². The van der Waals surface area contributed by atoms with Gasteiger partial charge in [0.25, 0.3) is 5.69 Å². The number of amides is 3. The number of carbonyl (C=O) groups is 3. The van der Waals surface area contributed by atoms with Crippen LogP contribution in [0.5, 0.6) is 0 Å². The van der Waals surface area contributed by atoms with Crippen molar-refractivity contribution in [3.63, 3.8) is 0 Å². The van der Waals surface area contributed by atoms with Crippen molar-refractivity contribution < 1.29 is 24.0 Å². The van der Waals surface area contributed by atoms with Gasteiger partial charge in [-0.25, -0.2) is 9.69 Å². The van der Waals surface area contributed by atoms with Crippen LogP contribution in [0.3, 0.4) is 0 Å². The predicted octanol–water partition coefficient (Wildman–Crippen LogP) is 3.17. The molecule has 2 aromatic carbocycles. The lowest BCUT2D eigenvalue weighted by molar-refractivity contribution is -0.384. The fraction of sp³-hybridized carbons (Fsp3) is 0.250. The van der Waals surface area contributed by atoms with E-state index in [4.69, 9.17) is 4.74 Å². The molecular weight excluding hydrogens is 378 g/mol. The Morgan fingerprint density at radius 3 is 2.66 bits per heavy atom. The smallest absolute Gasteiger partial charge is 0.417 e. The molecule has 9 heteroatoms. The van der Waals surface area contributed by atoms with Gasteiger partial charge < -0.3 is 10.1 Å². The highest BCUT2D eigenvalue weighted by Gasteiger charge is 2.41. The van der Waals surface area contributed by atoms with Crippen LogP contribution in [0.2, 0.25) is 0 Å². The van der Waals surface area contributed by atoms with Crippen molar-refractivity contribution in [3.05, 3.63) is 69.8 Å². The number of non-ortho nitro benzene ring substituents is 1. The Labute approximate surface area is 166 Å². The number of benzene rings is 2. The first kappa shape index (κ1) is 20.0. The lowest BCUT2D eigenvalue weighted by Gasteiger charge is -2.22. The van der Waals surface area contributed by atoms with E-state index >= 15 is 0 Å². The summed E-state index contributed by atoms with van der Waals surface area (Å²) in [6.07, 6.45) is -0.710. The summed E-state index contributed by atoms with van der Waals surface area (Å²) in [4.78, 5) is 48.5. The molecule has 2 aromatic rings. The number of nitrogens with one attached hydrogen (secondary N) is 1. The van der Waals surface area contributed by atoms with Crippen molar-refractivity contribution in [3.8, 4) is 0 Å². The molecule has 0 unspecified atom stereocenters. The molecule has 0 aliphatic carbocycles. The molecule has 1 atom stereocenters. The summed E-state index contributed by atoms with van der Waals surface area (Å²) < 4.78 is 5.18. The van der Waals surface area contributed by atoms with Crippen molar-refractivity contribution in [1.29, 1.82) is 0 Å². The SMILES string of the molecule is Cc1ccc([N+](=O)[O-])cc1NC(=O)[C@H]1CCC(=O)N1C(=O)OCc1ccccc1. The normalized spacial score (nSPS) is 15.8. The van der Waals surface area contributed by atoms with Crippen molar-refractivity contribution in [2.24, 2.45) is 0 Å². The van der Waals surface area contributed by atoms with Crippen LogP contribution in [0.25, 0.3) is 0 Å². The van der Waals surface area contributed by atoms with Gasteiger partial charge in [-0.15, -0.1) is 0 Å². The van der Waals surface area contributed by atoms with E-state index < -0.39 is 28.9 Å². The van der Waals surface area contributed by atoms with Crippen LogP contribution in [-0.2, 0) is 20.9 Å². The minimum atomic E-state index is -1.04. The van der Waals surface area contributed by atoms with Gasteiger partial charge in [-0.3, -0.25) is 19.7 Å². The summed E-state index contributed by atoms with van der Waals surface area (Å²) in [7, 11) is 0. The molecule has 0 radical (unpaired) electrons. The molecule has 150 valence electrons. The molecule has 29 heavy (non-hydrogen) atoms. The van der Waals surface area contributed by atoms with E-state index in [0.717, 1.165) is 10.5 Å². The Balaban J connectivity index is 1.71. The molecule has 0 aromatic heterocycles. The molecule has 1 saturated heterocycles. The lowest BCUT2D eigenvalue weighted by atomic mass is 10.1. The van der Waals surface area contributed by atoms with Crippen LogP contribution in [0.1, 0.15) is 24.0 Å². The van der Waals surface area contributed by atoms with Crippen LogP contribution < -0.4 is 5.32 Å². The second kappa shape index (κ2) is 8.51. The first-order valence-corrected chi connectivity index (χ1v) is 8.95. The number of nitro groups is 1. The zero-order chi connectivity index (χ0) is 21.0. The molecule has 9 nitrogen and oxygen atoms in total. The molecule has 1 aliphatic rings. The van der Waals surface area contributed by atoms with Gasteiger partial charge in [-0.1, -0.05) is 36.4 Å². The zero-order valence-corrected chi connectivity index (χ0v) is 15.7. The van der Waals surface area contributed by atoms with Crippen LogP contribution >= 0.6 is 0 Å². The molecule has 3 amide bonds. The number of aryl methyl sites for hydroxylation is 1. The standard InChI is InChI=1S/C20H19N3O6/c1-13-7-8-15(23(27)28)11-16(13)21-19(25)17-9-10-18(24)22(17)20(26)29-12-14-5-3-2-4-6-14/h2-8,11,17H,9-10,12H2,1H3,(H,21,25)/t17-/m1/s1. The Kier molecular flexibility index (Phi) is 5.87. The van der Waals surface area contributed by atoms with Crippen LogP contribution in [-0.4, -0.2) is 33.8 Å².